The SMILES string of the molecule is COc1ccc(C=O)cc1CN1CC2CCC1C2. The zero-order chi connectivity index (χ0) is 12.5. The van der Waals surface area contributed by atoms with Crippen molar-refractivity contribution in [1.29, 1.82) is 0 Å². The number of hydrogen-bond acceptors (Lipinski definition) is 3. The van der Waals surface area contributed by atoms with Crippen LogP contribution in [-0.2, 0) is 6.54 Å². The Kier molecular flexibility index (Phi) is 3.08. The molecule has 3 heteroatoms. The van der Waals surface area contributed by atoms with Crippen molar-refractivity contribution in [1.82, 2.24) is 4.90 Å². The molecule has 2 unspecified atom stereocenters. The second kappa shape index (κ2) is 4.73. The van der Waals surface area contributed by atoms with Gasteiger partial charge in [-0.2, -0.15) is 0 Å². The molecule has 0 N–H and O–H groups in total. The lowest BCUT2D eigenvalue weighted by molar-refractivity contribution is 0.112. The van der Waals surface area contributed by atoms with Gasteiger partial charge in [0, 0.05) is 30.3 Å². The first kappa shape index (κ1) is 11.7. The molecule has 18 heavy (non-hydrogen) atoms. The zero-order valence-corrected chi connectivity index (χ0v) is 10.8. The highest BCUT2D eigenvalue weighted by Gasteiger charge is 2.37. The van der Waals surface area contributed by atoms with Crippen LogP contribution in [0.5, 0.6) is 5.75 Å². The Balaban J connectivity index is 1.80. The minimum atomic E-state index is 0.732. The van der Waals surface area contributed by atoms with Gasteiger partial charge in [0.05, 0.1) is 7.11 Å². The molecule has 0 aromatic heterocycles. The van der Waals surface area contributed by atoms with Crippen molar-refractivity contribution in [3.05, 3.63) is 29.3 Å². The maximum atomic E-state index is 10.9. The van der Waals surface area contributed by atoms with E-state index in [1.165, 1.54) is 25.8 Å². The summed E-state index contributed by atoms with van der Waals surface area (Å²) in [7, 11) is 1.69. The van der Waals surface area contributed by atoms with Gasteiger partial charge in [0.1, 0.15) is 12.0 Å². The van der Waals surface area contributed by atoms with E-state index in [-0.39, 0.29) is 0 Å². The van der Waals surface area contributed by atoms with E-state index in [1.807, 2.05) is 18.2 Å². The molecule has 1 heterocycles. The van der Waals surface area contributed by atoms with Gasteiger partial charge < -0.3 is 4.74 Å². The lowest BCUT2D eigenvalue weighted by Gasteiger charge is -2.27. The van der Waals surface area contributed by atoms with Crippen LogP contribution in [0.3, 0.4) is 0 Å². The monoisotopic (exact) mass is 245 g/mol. The maximum Gasteiger partial charge on any atom is 0.150 e. The van der Waals surface area contributed by atoms with Crippen LogP contribution in [0.1, 0.15) is 35.2 Å². The molecule has 2 fully saturated rings. The molecular weight excluding hydrogens is 226 g/mol. The van der Waals surface area contributed by atoms with Crippen LogP contribution < -0.4 is 4.74 Å². The predicted octanol–water partition coefficient (Wildman–Crippen LogP) is 2.49. The van der Waals surface area contributed by atoms with Crippen molar-refractivity contribution in [2.75, 3.05) is 13.7 Å². The summed E-state index contributed by atoms with van der Waals surface area (Å²) in [6.45, 7) is 2.12. The Morgan fingerprint density at radius 3 is 2.94 bits per heavy atom. The molecule has 1 aromatic carbocycles. The molecule has 2 aliphatic rings. The van der Waals surface area contributed by atoms with Crippen molar-refractivity contribution >= 4 is 6.29 Å². The number of benzene rings is 1. The van der Waals surface area contributed by atoms with E-state index < -0.39 is 0 Å². The molecule has 1 aromatic rings. The second-order valence-electron chi connectivity index (χ2n) is 5.45. The van der Waals surface area contributed by atoms with E-state index in [2.05, 4.69) is 4.90 Å². The normalized spacial score (nSPS) is 26.5. The minimum Gasteiger partial charge on any atom is -0.496 e. The summed E-state index contributed by atoms with van der Waals surface area (Å²) in [5, 5.41) is 0. The summed E-state index contributed by atoms with van der Waals surface area (Å²) in [4.78, 5) is 13.4. The third-order valence-electron chi connectivity index (χ3n) is 4.34. The van der Waals surface area contributed by atoms with Gasteiger partial charge in [0.25, 0.3) is 0 Å². The summed E-state index contributed by atoms with van der Waals surface area (Å²) in [5.74, 6) is 1.79. The highest BCUT2D eigenvalue weighted by atomic mass is 16.5. The van der Waals surface area contributed by atoms with Crippen LogP contribution in [0.2, 0.25) is 0 Å². The van der Waals surface area contributed by atoms with Crippen LogP contribution in [0.15, 0.2) is 18.2 Å². The van der Waals surface area contributed by atoms with Crippen LogP contribution in [0, 0.1) is 5.92 Å². The highest BCUT2D eigenvalue weighted by Crippen LogP contribution is 2.38. The van der Waals surface area contributed by atoms with Crippen molar-refractivity contribution in [2.45, 2.75) is 31.8 Å². The van der Waals surface area contributed by atoms with E-state index >= 15 is 0 Å². The molecule has 0 radical (unpaired) electrons. The quantitative estimate of drug-likeness (QED) is 0.763. The summed E-state index contributed by atoms with van der Waals surface area (Å²) in [5.41, 5.74) is 1.87. The van der Waals surface area contributed by atoms with Gasteiger partial charge in [-0.15, -0.1) is 0 Å². The number of likely N-dealkylation sites (tertiary alicyclic amines) is 1. The molecule has 2 bridgehead atoms. The van der Waals surface area contributed by atoms with Crippen molar-refractivity contribution < 1.29 is 9.53 Å². The smallest absolute Gasteiger partial charge is 0.150 e. The highest BCUT2D eigenvalue weighted by molar-refractivity contribution is 5.75. The van der Waals surface area contributed by atoms with Gasteiger partial charge >= 0.3 is 0 Å². The molecular formula is C15H19NO2. The number of methoxy groups -OCH3 is 1. The molecule has 1 aliphatic carbocycles. The summed E-state index contributed by atoms with van der Waals surface area (Å²) in [6.07, 6.45) is 4.99. The molecule has 0 spiro atoms. The largest absolute Gasteiger partial charge is 0.496 e. The molecule has 0 amide bonds. The van der Waals surface area contributed by atoms with Gasteiger partial charge in [-0.25, -0.2) is 0 Å². The van der Waals surface area contributed by atoms with Crippen LogP contribution >= 0.6 is 0 Å². The van der Waals surface area contributed by atoms with Crippen LogP contribution in [0.4, 0.5) is 0 Å². The maximum absolute atomic E-state index is 10.9. The summed E-state index contributed by atoms with van der Waals surface area (Å²) >= 11 is 0. The molecule has 1 aliphatic heterocycles. The number of nitrogens with zero attached hydrogens (tertiary/aromatic N) is 1. The molecule has 2 atom stereocenters. The Hall–Kier alpha value is -1.35. The number of ether oxygens (including phenoxy) is 1. The van der Waals surface area contributed by atoms with E-state index in [0.29, 0.717) is 0 Å². The lowest BCUT2D eigenvalue weighted by Crippen LogP contribution is -2.31. The average Bonchev–Trinajstić information content (AvgIpc) is 3.01. The number of carbonyl (C=O) groups excluding carboxylic acids is 1. The minimum absolute atomic E-state index is 0.732. The van der Waals surface area contributed by atoms with Crippen molar-refractivity contribution in [2.24, 2.45) is 5.92 Å². The number of aldehydes is 1. The van der Waals surface area contributed by atoms with Crippen molar-refractivity contribution in [3.63, 3.8) is 0 Å². The van der Waals surface area contributed by atoms with Gasteiger partial charge in [0.15, 0.2) is 0 Å². The third-order valence-corrected chi connectivity index (χ3v) is 4.34. The first-order chi connectivity index (χ1) is 8.80. The van der Waals surface area contributed by atoms with E-state index in [1.54, 1.807) is 7.11 Å². The molecule has 1 saturated heterocycles. The number of rotatable bonds is 4. The van der Waals surface area contributed by atoms with Crippen LogP contribution in [0.25, 0.3) is 0 Å². The van der Waals surface area contributed by atoms with E-state index in [0.717, 1.165) is 41.7 Å². The molecule has 96 valence electrons. The Morgan fingerprint density at radius 2 is 2.33 bits per heavy atom. The van der Waals surface area contributed by atoms with Gasteiger partial charge in [0.2, 0.25) is 0 Å². The molecule has 3 nitrogen and oxygen atoms in total. The molecule has 1 saturated carbocycles. The number of fused-ring (bicyclic) bond motifs is 2. The zero-order valence-electron chi connectivity index (χ0n) is 10.8. The van der Waals surface area contributed by atoms with Gasteiger partial charge in [-0.05, 0) is 43.4 Å². The molecule has 3 rings (SSSR count). The second-order valence-corrected chi connectivity index (χ2v) is 5.45. The third kappa shape index (κ3) is 2.03. The first-order valence-electron chi connectivity index (χ1n) is 6.66. The fraction of sp³-hybridized carbons (Fsp3) is 0.533. The predicted molar refractivity (Wildman–Crippen MR) is 69.9 cm³/mol. The van der Waals surface area contributed by atoms with E-state index in [4.69, 9.17) is 4.74 Å². The van der Waals surface area contributed by atoms with E-state index in [9.17, 15) is 4.79 Å². The van der Waals surface area contributed by atoms with Crippen LogP contribution in [-0.4, -0.2) is 30.9 Å². The lowest BCUT2D eigenvalue weighted by atomic mass is 10.1. The first-order valence-corrected chi connectivity index (χ1v) is 6.66. The average molecular weight is 245 g/mol. The number of hydrogen-bond donors (Lipinski definition) is 0. The number of carbonyl (C=O) groups is 1. The fourth-order valence-corrected chi connectivity index (χ4v) is 3.43. The topological polar surface area (TPSA) is 29.5 Å². The number of piperidine rings is 1. The standard InChI is InChI=1S/C15H19NO2/c1-18-15-5-3-12(10-17)6-13(15)9-16-8-11-2-4-14(16)7-11/h3,5-6,10-11,14H,2,4,7-9H2,1H3. The summed E-state index contributed by atoms with van der Waals surface area (Å²) < 4.78 is 5.39. The Bertz CT molecular complexity index is 458. The Morgan fingerprint density at radius 1 is 1.44 bits per heavy atom. The van der Waals surface area contributed by atoms with Gasteiger partial charge in [-0.1, -0.05) is 0 Å². The van der Waals surface area contributed by atoms with Gasteiger partial charge in [-0.3, -0.25) is 9.69 Å². The summed E-state index contributed by atoms with van der Waals surface area (Å²) in [6, 6.07) is 6.41. The fourth-order valence-electron chi connectivity index (χ4n) is 3.43. The van der Waals surface area contributed by atoms with Crippen molar-refractivity contribution in [3.8, 4) is 5.75 Å². The Labute approximate surface area is 108 Å².